The van der Waals surface area contributed by atoms with Crippen LogP contribution in [-0.2, 0) is 24.0 Å². The highest BCUT2D eigenvalue weighted by atomic mass is 16.2. The van der Waals surface area contributed by atoms with Gasteiger partial charge in [0.2, 0.25) is 29.5 Å². The van der Waals surface area contributed by atoms with Crippen LogP contribution in [0.5, 0.6) is 0 Å². The number of anilines is 1. The normalized spacial score (nSPS) is 19.7. The molecule has 9 nitrogen and oxygen atoms in total. The molecule has 3 N–H and O–H groups in total. The lowest BCUT2D eigenvalue weighted by Gasteiger charge is -2.24. The van der Waals surface area contributed by atoms with Gasteiger partial charge in [0.25, 0.3) is 0 Å². The van der Waals surface area contributed by atoms with Gasteiger partial charge >= 0.3 is 0 Å². The lowest BCUT2D eigenvalue weighted by Crippen LogP contribution is -2.53. The molecule has 2 unspecified atom stereocenters. The van der Waals surface area contributed by atoms with Crippen LogP contribution in [0.1, 0.15) is 110 Å². The largest absolute Gasteiger partial charge is 0.344 e. The van der Waals surface area contributed by atoms with Gasteiger partial charge in [-0.15, -0.1) is 0 Å². The second kappa shape index (κ2) is 17.2. The van der Waals surface area contributed by atoms with Crippen LogP contribution in [0.3, 0.4) is 0 Å². The Labute approximate surface area is 257 Å². The topological polar surface area (TPSA) is 125 Å². The highest BCUT2D eigenvalue weighted by Gasteiger charge is 2.42. The van der Waals surface area contributed by atoms with Crippen molar-refractivity contribution in [3.8, 4) is 0 Å². The van der Waals surface area contributed by atoms with E-state index < -0.39 is 18.0 Å². The lowest BCUT2D eigenvalue weighted by atomic mass is 9.83. The van der Waals surface area contributed by atoms with Crippen molar-refractivity contribution in [3.63, 3.8) is 0 Å². The van der Waals surface area contributed by atoms with Crippen molar-refractivity contribution in [1.29, 1.82) is 0 Å². The summed E-state index contributed by atoms with van der Waals surface area (Å²) in [4.78, 5) is 65.4. The second-order valence-corrected chi connectivity index (χ2v) is 12.8. The van der Waals surface area contributed by atoms with E-state index in [9.17, 15) is 24.0 Å². The molecule has 1 aromatic carbocycles. The van der Waals surface area contributed by atoms with Gasteiger partial charge in [0, 0.05) is 25.1 Å². The van der Waals surface area contributed by atoms with Gasteiger partial charge in [0.05, 0.1) is 5.92 Å². The summed E-state index contributed by atoms with van der Waals surface area (Å²) in [7, 11) is 0. The van der Waals surface area contributed by atoms with Gasteiger partial charge in [0.15, 0.2) is 0 Å². The molecule has 0 aromatic heterocycles. The third kappa shape index (κ3) is 10.8. The SMILES string of the molecule is Cc1ccc(NC(=O)[C@H](C)NC(=O)C(NC(=O)CCCCCN2C(=O)CC(C3CCCCCCCC3)C2=O)C(C)C)cc1. The Hall–Kier alpha value is -3.23. The summed E-state index contributed by atoms with van der Waals surface area (Å²) in [5, 5.41) is 8.32. The number of unbranched alkanes of at least 4 members (excludes halogenated alkanes) is 2. The van der Waals surface area contributed by atoms with Gasteiger partial charge in [-0.25, -0.2) is 0 Å². The van der Waals surface area contributed by atoms with E-state index in [0.717, 1.165) is 31.2 Å². The number of carbonyl (C=O) groups excluding carboxylic acids is 5. The number of hydrogen-bond acceptors (Lipinski definition) is 5. The molecule has 1 saturated heterocycles. The summed E-state index contributed by atoms with van der Waals surface area (Å²) in [5.41, 5.74) is 1.73. The van der Waals surface area contributed by atoms with E-state index >= 15 is 0 Å². The molecule has 43 heavy (non-hydrogen) atoms. The zero-order valence-corrected chi connectivity index (χ0v) is 26.6. The molecule has 2 aliphatic rings. The minimum Gasteiger partial charge on any atom is -0.344 e. The van der Waals surface area contributed by atoms with Crippen LogP contribution in [0.25, 0.3) is 0 Å². The van der Waals surface area contributed by atoms with Crippen molar-refractivity contribution < 1.29 is 24.0 Å². The first kappa shape index (κ1) is 34.3. The standard InChI is InChI=1S/C34H52N4O5/c1-23(2)31(33(42)35-25(4)32(41)36-27-19-17-24(3)18-20-27)37-29(39)16-12-9-13-21-38-30(40)22-28(34(38)43)26-14-10-7-5-6-8-11-15-26/h17-20,23,25-26,28,31H,5-16,21-22H2,1-4H3,(H,35,42)(H,36,41)(H,37,39)/t25-,28?,31?/m0/s1. The third-order valence-corrected chi connectivity index (χ3v) is 8.87. The predicted molar refractivity (Wildman–Crippen MR) is 168 cm³/mol. The van der Waals surface area contributed by atoms with Gasteiger partial charge < -0.3 is 16.0 Å². The van der Waals surface area contributed by atoms with E-state index in [1.165, 1.54) is 30.6 Å². The number of nitrogens with zero attached hydrogens (tertiary/aromatic N) is 1. The minimum absolute atomic E-state index is 0.000414. The molecule has 1 aliphatic carbocycles. The fourth-order valence-corrected chi connectivity index (χ4v) is 6.15. The first-order chi connectivity index (χ1) is 20.6. The molecular formula is C34H52N4O5. The predicted octanol–water partition coefficient (Wildman–Crippen LogP) is 5.27. The van der Waals surface area contributed by atoms with Crippen molar-refractivity contribution >= 4 is 35.2 Å². The maximum atomic E-state index is 13.1. The molecule has 0 radical (unpaired) electrons. The van der Waals surface area contributed by atoms with Crippen LogP contribution in [0.15, 0.2) is 24.3 Å². The molecule has 9 heteroatoms. The van der Waals surface area contributed by atoms with E-state index in [4.69, 9.17) is 0 Å². The molecule has 5 amide bonds. The Bertz CT molecular complexity index is 1090. The number of benzene rings is 1. The molecule has 3 atom stereocenters. The van der Waals surface area contributed by atoms with E-state index in [-0.39, 0.29) is 41.9 Å². The molecule has 1 saturated carbocycles. The molecule has 0 spiro atoms. The highest BCUT2D eigenvalue weighted by molar-refractivity contribution is 6.03. The van der Waals surface area contributed by atoms with Crippen molar-refractivity contribution in [2.45, 2.75) is 123 Å². The van der Waals surface area contributed by atoms with Crippen molar-refractivity contribution in [1.82, 2.24) is 15.5 Å². The molecule has 238 valence electrons. The Kier molecular flexibility index (Phi) is 13.7. The molecule has 3 rings (SSSR count). The number of imide groups is 1. The molecule has 2 fully saturated rings. The smallest absolute Gasteiger partial charge is 0.246 e. The molecule has 0 bridgehead atoms. The van der Waals surface area contributed by atoms with E-state index in [0.29, 0.717) is 43.8 Å². The van der Waals surface area contributed by atoms with Crippen LogP contribution in [0.2, 0.25) is 0 Å². The summed E-state index contributed by atoms with van der Waals surface area (Å²) >= 11 is 0. The molecule has 1 aliphatic heterocycles. The number of aryl methyl sites for hydroxylation is 1. The van der Waals surface area contributed by atoms with Crippen molar-refractivity contribution in [3.05, 3.63) is 29.8 Å². The fraction of sp³-hybridized carbons (Fsp3) is 0.676. The maximum absolute atomic E-state index is 13.1. The summed E-state index contributed by atoms with van der Waals surface area (Å²) in [5.74, 6) is -1.05. The Balaban J connectivity index is 1.38. The zero-order chi connectivity index (χ0) is 31.4. The van der Waals surface area contributed by atoms with Crippen LogP contribution >= 0.6 is 0 Å². The second-order valence-electron chi connectivity index (χ2n) is 12.8. The van der Waals surface area contributed by atoms with Crippen LogP contribution in [0.4, 0.5) is 5.69 Å². The number of rotatable bonds is 13. The van der Waals surface area contributed by atoms with Crippen LogP contribution < -0.4 is 16.0 Å². The lowest BCUT2D eigenvalue weighted by molar-refractivity contribution is -0.140. The number of amides is 5. The first-order valence-corrected chi connectivity index (χ1v) is 16.4. The average Bonchev–Trinajstić information content (AvgIpc) is 3.32. The van der Waals surface area contributed by atoms with Crippen LogP contribution in [0, 0.1) is 24.7 Å². The number of hydrogen-bond donors (Lipinski definition) is 3. The first-order valence-electron chi connectivity index (χ1n) is 16.4. The van der Waals surface area contributed by atoms with Crippen molar-refractivity contribution in [2.75, 3.05) is 11.9 Å². The van der Waals surface area contributed by atoms with E-state index in [1.807, 2.05) is 32.9 Å². The van der Waals surface area contributed by atoms with Crippen LogP contribution in [-0.4, -0.2) is 53.1 Å². The van der Waals surface area contributed by atoms with E-state index in [1.54, 1.807) is 19.1 Å². The van der Waals surface area contributed by atoms with E-state index in [2.05, 4.69) is 16.0 Å². The summed E-state index contributed by atoms with van der Waals surface area (Å²) in [6.45, 7) is 7.66. The summed E-state index contributed by atoms with van der Waals surface area (Å²) < 4.78 is 0. The quantitative estimate of drug-likeness (QED) is 0.212. The third-order valence-electron chi connectivity index (χ3n) is 8.87. The van der Waals surface area contributed by atoms with Crippen molar-refractivity contribution in [2.24, 2.45) is 17.8 Å². The monoisotopic (exact) mass is 596 g/mol. The Morgan fingerprint density at radius 2 is 1.47 bits per heavy atom. The molecule has 1 heterocycles. The summed E-state index contributed by atoms with van der Waals surface area (Å²) in [6.07, 6.45) is 11.9. The maximum Gasteiger partial charge on any atom is 0.246 e. The van der Waals surface area contributed by atoms with Gasteiger partial charge in [0.1, 0.15) is 12.1 Å². The molecule has 1 aromatic rings. The fourth-order valence-electron chi connectivity index (χ4n) is 6.15. The number of carbonyl (C=O) groups is 5. The number of likely N-dealkylation sites (tertiary alicyclic amines) is 1. The van der Waals surface area contributed by atoms with Gasteiger partial charge in [-0.05, 0) is 63.5 Å². The molecular weight excluding hydrogens is 544 g/mol. The van der Waals surface area contributed by atoms with Gasteiger partial charge in [-0.2, -0.15) is 0 Å². The Morgan fingerprint density at radius 1 is 0.837 bits per heavy atom. The Morgan fingerprint density at radius 3 is 2.09 bits per heavy atom. The van der Waals surface area contributed by atoms with Gasteiger partial charge in [-0.1, -0.05) is 76.5 Å². The average molecular weight is 597 g/mol. The van der Waals surface area contributed by atoms with Gasteiger partial charge in [-0.3, -0.25) is 28.9 Å². The number of nitrogens with one attached hydrogen (secondary N) is 3. The highest BCUT2D eigenvalue weighted by Crippen LogP contribution is 2.35. The zero-order valence-electron chi connectivity index (χ0n) is 26.6. The minimum atomic E-state index is -0.779. The summed E-state index contributed by atoms with van der Waals surface area (Å²) in [6, 6.07) is 5.85.